The highest BCUT2D eigenvalue weighted by atomic mass is 16.5. The summed E-state index contributed by atoms with van der Waals surface area (Å²) in [6.07, 6.45) is 0.0617. The predicted molar refractivity (Wildman–Crippen MR) is 156 cm³/mol. The Morgan fingerprint density at radius 1 is 0.738 bits per heavy atom. The standard InChI is InChI=1S/C33H35N3O6/c1-20(2)28(30(38)34-22(4)33(41)42-19-24-10-6-5-7-11-24)35-29(37)27(18-23-16-14-21(3)15-17-23)36-31(39)25-12-8-9-13-26(25)32(36)40/h5-17,20,22,27-28H,18-19H2,1-4H3,(H,34,38)(H,35,37)/t22-,27-,28-/m0/s1. The Labute approximate surface area is 245 Å². The van der Waals surface area contributed by atoms with E-state index in [9.17, 15) is 24.0 Å². The summed E-state index contributed by atoms with van der Waals surface area (Å²) in [5.74, 6) is -3.36. The van der Waals surface area contributed by atoms with Crippen LogP contribution in [0, 0.1) is 12.8 Å². The molecule has 4 rings (SSSR count). The summed E-state index contributed by atoms with van der Waals surface area (Å²) >= 11 is 0. The van der Waals surface area contributed by atoms with E-state index in [0.29, 0.717) is 0 Å². The fourth-order valence-corrected chi connectivity index (χ4v) is 4.74. The van der Waals surface area contributed by atoms with Gasteiger partial charge in [-0.2, -0.15) is 0 Å². The summed E-state index contributed by atoms with van der Waals surface area (Å²) in [6, 6.07) is 19.8. The van der Waals surface area contributed by atoms with Crippen LogP contribution in [0.25, 0.3) is 0 Å². The van der Waals surface area contributed by atoms with Crippen molar-refractivity contribution < 1.29 is 28.7 Å². The van der Waals surface area contributed by atoms with Gasteiger partial charge in [0.1, 0.15) is 24.7 Å². The van der Waals surface area contributed by atoms with E-state index in [1.807, 2.05) is 61.5 Å². The number of fused-ring (bicyclic) bond motifs is 1. The van der Waals surface area contributed by atoms with Crippen LogP contribution in [0.5, 0.6) is 0 Å². The van der Waals surface area contributed by atoms with Gasteiger partial charge < -0.3 is 15.4 Å². The molecule has 0 saturated carbocycles. The summed E-state index contributed by atoms with van der Waals surface area (Å²) in [4.78, 5) is 67.3. The number of ether oxygens (including phenoxy) is 1. The number of nitrogens with one attached hydrogen (secondary N) is 2. The predicted octanol–water partition coefficient (Wildman–Crippen LogP) is 3.59. The fourth-order valence-electron chi connectivity index (χ4n) is 4.74. The summed E-state index contributed by atoms with van der Waals surface area (Å²) in [7, 11) is 0. The highest BCUT2D eigenvalue weighted by Gasteiger charge is 2.43. The number of hydrogen-bond donors (Lipinski definition) is 2. The highest BCUT2D eigenvalue weighted by molar-refractivity contribution is 6.23. The molecule has 0 radical (unpaired) electrons. The van der Waals surface area contributed by atoms with Crippen LogP contribution in [-0.4, -0.2) is 52.6 Å². The Balaban J connectivity index is 1.50. The summed E-state index contributed by atoms with van der Waals surface area (Å²) in [5.41, 5.74) is 3.03. The maximum atomic E-state index is 13.8. The van der Waals surface area contributed by atoms with E-state index < -0.39 is 47.7 Å². The van der Waals surface area contributed by atoms with Crippen LogP contribution < -0.4 is 10.6 Å². The van der Waals surface area contributed by atoms with Gasteiger partial charge in [0, 0.05) is 6.42 Å². The first-order valence-electron chi connectivity index (χ1n) is 13.9. The molecule has 3 aromatic rings. The number of carbonyl (C=O) groups is 5. The van der Waals surface area contributed by atoms with Crippen molar-refractivity contribution in [2.45, 2.75) is 58.8 Å². The van der Waals surface area contributed by atoms with Crippen LogP contribution in [0.3, 0.4) is 0 Å². The minimum absolute atomic E-state index is 0.0607. The molecular formula is C33H35N3O6. The van der Waals surface area contributed by atoms with E-state index in [4.69, 9.17) is 4.74 Å². The molecule has 0 unspecified atom stereocenters. The van der Waals surface area contributed by atoms with Crippen molar-refractivity contribution in [3.8, 4) is 0 Å². The van der Waals surface area contributed by atoms with Gasteiger partial charge in [0.2, 0.25) is 11.8 Å². The van der Waals surface area contributed by atoms with Gasteiger partial charge in [-0.15, -0.1) is 0 Å². The molecule has 218 valence electrons. The molecule has 0 fully saturated rings. The van der Waals surface area contributed by atoms with E-state index in [2.05, 4.69) is 10.6 Å². The van der Waals surface area contributed by atoms with E-state index in [-0.39, 0.29) is 30.1 Å². The highest BCUT2D eigenvalue weighted by Crippen LogP contribution is 2.26. The zero-order valence-corrected chi connectivity index (χ0v) is 24.1. The molecule has 9 nitrogen and oxygen atoms in total. The Kier molecular flexibility index (Phi) is 9.52. The second-order valence-corrected chi connectivity index (χ2v) is 10.8. The Morgan fingerprint density at radius 2 is 1.31 bits per heavy atom. The number of aryl methyl sites for hydroxylation is 1. The topological polar surface area (TPSA) is 122 Å². The average molecular weight is 570 g/mol. The average Bonchev–Trinajstić information content (AvgIpc) is 3.23. The van der Waals surface area contributed by atoms with Crippen LogP contribution in [0.15, 0.2) is 78.9 Å². The monoisotopic (exact) mass is 569 g/mol. The van der Waals surface area contributed by atoms with Crippen LogP contribution in [-0.2, 0) is 32.1 Å². The van der Waals surface area contributed by atoms with Gasteiger partial charge in [-0.1, -0.05) is 86.1 Å². The van der Waals surface area contributed by atoms with Gasteiger partial charge in [0.15, 0.2) is 0 Å². The maximum Gasteiger partial charge on any atom is 0.328 e. The number of hydrogen-bond acceptors (Lipinski definition) is 6. The molecule has 0 bridgehead atoms. The number of benzene rings is 3. The van der Waals surface area contributed by atoms with Crippen LogP contribution in [0.1, 0.15) is 58.2 Å². The minimum atomic E-state index is -1.21. The molecule has 1 aliphatic rings. The minimum Gasteiger partial charge on any atom is -0.459 e. The lowest BCUT2D eigenvalue weighted by molar-refractivity contribution is -0.149. The lowest BCUT2D eigenvalue weighted by atomic mass is 9.99. The first kappa shape index (κ1) is 30.2. The molecule has 0 aliphatic carbocycles. The van der Waals surface area contributed by atoms with Crippen molar-refractivity contribution in [1.82, 2.24) is 15.5 Å². The molecule has 3 aromatic carbocycles. The molecule has 4 amide bonds. The number of amides is 4. The summed E-state index contributed by atoms with van der Waals surface area (Å²) in [5, 5.41) is 5.37. The first-order chi connectivity index (χ1) is 20.1. The molecule has 1 heterocycles. The molecule has 42 heavy (non-hydrogen) atoms. The second-order valence-electron chi connectivity index (χ2n) is 10.8. The number of esters is 1. The van der Waals surface area contributed by atoms with Crippen molar-refractivity contribution in [2.24, 2.45) is 5.92 Å². The van der Waals surface area contributed by atoms with Crippen LogP contribution in [0.2, 0.25) is 0 Å². The first-order valence-corrected chi connectivity index (χ1v) is 13.9. The van der Waals surface area contributed by atoms with Crippen molar-refractivity contribution in [1.29, 1.82) is 0 Å². The number of rotatable bonds is 11. The van der Waals surface area contributed by atoms with Crippen molar-refractivity contribution in [3.63, 3.8) is 0 Å². The third kappa shape index (κ3) is 6.91. The van der Waals surface area contributed by atoms with Gasteiger partial charge in [0.05, 0.1) is 11.1 Å². The molecule has 1 aliphatic heterocycles. The molecule has 3 atom stereocenters. The third-order valence-corrected chi connectivity index (χ3v) is 7.17. The molecule has 0 aromatic heterocycles. The van der Waals surface area contributed by atoms with Gasteiger partial charge in [-0.05, 0) is 43.0 Å². The SMILES string of the molecule is Cc1ccc(C[C@@H](C(=O)N[C@H](C(=O)N[C@@H](C)C(=O)OCc2ccccc2)C(C)C)N2C(=O)c3ccccc3C2=O)cc1. The summed E-state index contributed by atoms with van der Waals surface area (Å²) in [6.45, 7) is 7.00. The Hall–Kier alpha value is -4.79. The zero-order chi connectivity index (χ0) is 30.4. The maximum absolute atomic E-state index is 13.8. The van der Waals surface area contributed by atoms with E-state index in [0.717, 1.165) is 21.6 Å². The molecule has 2 N–H and O–H groups in total. The molecule has 0 spiro atoms. The van der Waals surface area contributed by atoms with Gasteiger partial charge >= 0.3 is 5.97 Å². The van der Waals surface area contributed by atoms with Gasteiger partial charge in [-0.3, -0.25) is 24.1 Å². The number of imide groups is 1. The third-order valence-electron chi connectivity index (χ3n) is 7.17. The van der Waals surface area contributed by atoms with Gasteiger partial charge in [0.25, 0.3) is 11.8 Å². The lowest BCUT2D eigenvalue weighted by Crippen LogP contribution is -2.58. The molecule has 0 saturated heterocycles. The van der Waals surface area contributed by atoms with Crippen molar-refractivity contribution in [2.75, 3.05) is 0 Å². The van der Waals surface area contributed by atoms with E-state index in [1.165, 1.54) is 6.92 Å². The normalized spacial score (nSPS) is 14.6. The molecular weight excluding hydrogens is 534 g/mol. The Bertz CT molecular complexity index is 1430. The van der Waals surface area contributed by atoms with Crippen molar-refractivity contribution >= 4 is 29.6 Å². The second kappa shape index (κ2) is 13.2. The van der Waals surface area contributed by atoms with Crippen molar-refractivity contribution in [3.05, 3.63) is 107 Å². The van der Waals surface area contributed by atoms with E-state index in [1.54, 1.807) is 38.1 Å². The lowest BCUT2D eigenvalue weighted by Gasteiger charge is -2.29. The van der Waals surface area contributed by atoms with Crippen LogP contribution in [0.4, 0.5) is 0 Å². The molecule has 9 heteroatoms. The van der Waals surface area contributed by atoms with Gasteiger partial charge in [-0.25, -0.2) is 4.79 Å². The van der Waals surface area contributed by atoms with E-state index >= 15 is 0 Å². The summed E-state index contributed by atoms with van der Waals surface area (Å²) < 4.78 is 5.32. The zero-order valence-electron chi connectivity index (χ0n) is 24.1. The smallest absolute Gasteiger partial charge is 0.328 e. The number of carbonyl (C=O) groups excluding carboxylic acids is 5. The number of nitrogens with zero attached hydrogens (tertiary/aromatic N) is 1. The largest absolute Gasteiger partial charge is 0.459 e. The quantitative estimate of drug-likeness (QED) is 0.269. The fraction of sp³-hybridized carbons (Fsp3) is 0.303. The van der Waals surface area contributed by atoms with Crippen LogP contribution >= 0.6 is 0 Å². The Morgan fingerprint density at radius 3 is 1.88 bits per heavy atom.